The summed E-state index contributed by atoms with van der Waals surface area (Å²) in [4.78, 5) is 8.84. The zero-order valence-electron chi connectivity index (χ0n) is 12.3. The minimum Gasteiger partial charge on any atom is -0.394 e. The van der Waals surface area contributed by atoms with Crippen LogP contribution in [0.3, 0.4) is 0 Å². The molecule has 20 heavy (non-hydrogen) atoms. The average Bonchev–Trinajstić information content (AvgIpc) is 2.79. The largest absolute Gasteiger partial charge is 0.394 e. The van der Waals surface area contributed by atoms with Crippen molar-refractivity contribution in [2.75, 3.05) is 17.7 Å². The molecule has 114 valence electrons. The van der Waals surface area contributed by atoms with Gasteiger partial charge in [-0.3, -0.25) is 4.21 Å². The van der Waals surface area contributed by atoms with E-state index in [1.807, 2.05) is 27.7 Å². The number of hydrogen-bond acceptors (Lipinski definition) is 5. The van der Waals surface area contributed by atoms with Crippen LogP contribution in [-0.2, 0) is 17.2 Å². The molecule has 0 radical (unpaired) electrons. The fraction of sp³-hybridized carbons (Fsp3) is 0.692. The third-order valence-corrected chi connectivity index (χ3v) is 4.61. The molecule has 5 nitrogen and oxygen atoms in total. The molecule has 0 bridgehead atoms. The van der Waals surface area contributed by atoms with Crippen molar-refractivity contribution >= 4 is 28.2 Å². The van der Waals surface area contributed by atoms with Gasteiger partial charge >= 0.3 is 0 Å². The summed E-state index contributed by atoms with van der Waals surface area (Å²) in [5.74, 6) is 1.28. The van der Waals surface area contributed by atoms with E-state index < -0.39 is 10.8 Å². The van der Waals surface area contributed by atoms with Crippen LogP contribution in [0.2, 0.25) is 5.28 Å². The van der Waals surface area contributed by atoms with Crippen LogP contribution in [0.25, 0.3) is 0 Å². The Hall–Kier alpha value is -0.720. The molecule has 0 amide bonds. The summed E-state index contributed by atoms with van der Waals surface area (Å²) < 4.78 is 11.9. The van der Waals surface area contributed by atoms with Gasteiger partial charge < -0.3 is 10.4 Å². The van der Waals surface area contributed by atoms with Crippen molar-refractivity contribution in [3.8, 4) is 0 Å². The molecular weight excluding hydrogens is 298 g/mol. The highest BCUT2D eigenvalue weighted by molar-refractivity contribution is 7.85. The zero-order chi connectivity index (χ0) is 15.3. The van der Waals surface area contributed by atoms with Gasteiger partial charge in [-0.05, 0) is 17.5 Å². The number of aliphatic hydroxyl groups is 1. The van der Waals surface area contributed by atoms with Gasteiger partial charge in [-0.15, -0.1) is 0 Å². The number of rotatable bonds is 4. The Morgan fingerprint density at radius 2 is 2.05 bits per heavy atom. The molecule has 1 aliphatic heterocycles. The van der Waals surface area contributed by atoms with Crippen molar-refractivity contribution in [3.05, 3.63) is 11.0 Å². The summed E-state index contributed by atoms with van der Waals surface area (Å²) in [7, 11) is -1.08. The molecule has 2 N–H and O–H groups in total. The number of hydrogen-bond donors (Lipinski definition) is 2. The molecule has 2 unspecified atom stereocenters. The van der Waals surface area contributed by atoms with Crippen LogP contribution in [0.15, 0.2) is 4.90 Å². The van der Waals surface area contributed by atoms with Gasteiger partial charge in [0.1, 0.15) is 10.7 Å². The van der Waals surface area contributed by atoms with E-state index in [0.29, 0.717) is 22.9 Å². The molecular formula is C13H22ClN3O2S. The number of fused-ring (bicyclic) bond motifs is 1. The van der Waals surface area contributed by atoms with Gasteiger partial charge in [-0.1, -0.05) is 27.7 Å². The summed E-state index contributed by atoms with van der Waals surface area (Å²) in [6.07, 6.45) is 0.657. The van der Waals surface area contributed by atoms with Gasteiger partial charge in [0.2, 0.25) is 5.28 Å². The van der Waals surface area contributed by atoms with Crippen LogP contribution in [0.1, 0.15) is 33.4 Å². The van der Waals surface area contributed by atoms with Crippen molar-refractivity contribution in [2.24, 2.45) is 5.92 Å². The van der Waals surface area contributed by atoms with E-state index in [2.05, 4.69) is 15.3 Å². The minimum absolute atomic E-state index is 0.0132. The first-order valence-corrected chi connectivity index (χ1v) is 8.54. The fourth-order valence-corrected chi connectivity index (χ4v) is 3.36. The van der Waals surface area contributed by atoms with E-state index in [-0.39, 0.29) is 23.9 Å². The SMILES string of the molecule is CC.CC(C)C(CO)Nc1nc(Cl)nc2c1S(=O)CC2. The Kier molecular flexibility index (Phi) is 6.85. The standard InChI is InChI=1S/C11H16ClN3O2S.C2H6/c1-6(2)8(5-16)13-10-9-7(3-4-18(9)17)14-11(12)15-10;1-2/h6,8,16H,3-5H2,1-2H3,(H,13,14,15);1-2H3. The maximum absolute atomic E-state index is 11.9. The van der Waals surface area contributed by atoms with Crippen molar-refractivity contribution in [2.45, 2.75) is 45.1 Å². The van der Waals surface area contributed by atoms with Crippen LogP contribution in [-0.4, -0.2) is 37.7 Å². The van der Waals surface area contributed by atoms with Gasteiger partial charge in [0.15, 0.2) is 0 Å². The van der Waals surface area contributed by atoms with Crippen LogP contribution in [0.5, 0.6) is 0 Å². The monoisotopic (exact) mass is 319 g/mol. The molecule has 0 aliphatic carbocycles. The first-order valence-electron chi connectivity index (χ1n) is 6.85. The van der Waals surface area contributed by atoms with Crippen LogP contribution in [0, 0.1) is 5.92 Å². The Bertz CT molecular complexity index is 483. The Labute approximate surface area is 127 Å². The lowest BCUT2D eigenvalue weighted by atomic mass is 10.1. The van der Waals surface area contributed by atoms with Crippen molar-refractivity contribution in [1.29, 1.82) is 0 Å². The van der Waals surface area contributed by atoms with Gasteiger partial charge in [-0.2, -0.15) is 4.98 Å². The normalized spacial score (nSPS) is 18.2. The second-order valence-corrected chi connectivity index (χ2v) is 6.44. The molecule has 0 aromatic carbocycles. The second-order valence-electron chi connectivity index (χ2n) is 4.59. The Balaban J connectivity index is 0.000000956. The first kappa shape index (κ1) is 17.3. The number of aryl methyl sites for hydroxylation is 1. The number of nitrogens with zero attached hydrogens (tertiary/aromatic N) is 2. The molecule has 1 aliphatic rings. The van der Waals surface area contributed by atoms with E-state index in [4.69, 9.17) is 11.6 Å². The lowest BCUT2D eigenvalue weighted by Crippen LogP contribution is -2.30. The zero-order valence-corrected chi connectivity index (χ0v) is 13.9. The third-order valence-electron chi connectivity index (χ3n) is 2.98. The predicted octanol–water partition coefficient (Wildman–Crippen LogP) is 2.25. The van der Waals surface area contributed by atoms with E-state index >= 15 is 0 Å². The Morgan fingerprint density at radius 3 is 2.60 bits per heavy atom. The second kappa shape index (κ2) is 7.90. The highest BCUT2D eigenvalue weighted by atomic mass is 35.5. The fourth-order valence-electron chi connectivity index (χ4n) is 1.86. The van der Waals surface area contributed by atoms with Gasteiger partial charge in [0.25, 0.3) is 0 Å². The summed E-state index contributed by atoms with van der Waals surface area (Å²) in [5.41, 5.74) is 0.747. The van der Waals surface area contributed by atoms with Crippen molar-refractivity contribution < 1.29 is 9.32 Å². The lowest BCUT2D eigenvalue weighted by Gasteiger charge is -2.21. The molecule has 1 aromatic rings. The smallest absolute Gasteiger partial charge is 0.224 e. The van der Waals surface area contributed by atoms with Crippen LogP contribution < -0.4 is 5.32 Å². The first-order chi connectivity index (χ1) is 9.52. The van der Waals surface area contributed by atoms with Gasteiger partial charge in [0.05, 0.1) is 29.1 Å². The van der Waals surface area contributed by atoms with E-state index in [1.54, 1.807) is 0 Å². The molecule has 7 heteroatoms. The summed E-state index contributed by atoms with van der Waals surface area (Å²) in [6.45, 7) is 7.97. The third kappa shape index (κ3) is 3.90. The maximum atomic E-state index is 11.9. The number of nitrogens with one attached hydrogen (secondary N) is 1. The van der Waals surface area contributed by atoms with Crippen LogP contribution >= 0.6 is 11.6 Å². The quantitative estimate of drug-likeness (QED) is 0.833. The van der Waals surface area contributed by atoms with Crippen molar-refractivity contribution in [3.63, 3.8) is 0 Å². The van der Waals surface area contributed by atoms with E-state index in [1.165, 1.54) is 0 Å². The molecule has 2 heterocycles. The van der Waals surface area contributed by atoms with E-state index in [0.717, 1.165) is 5.69 Å². The number of aliphatic hydroxyl groups excluding tert-OH is 1. The molecule has 0 saturated carbocycles. The summed E-state index contributed by atoms with van der Waals surface area (Å²) >= 11 is 5.86. The molecule has 0 spiro atoms. The molecule has 1 aromatic heterocycles. The number of halogens is 1. The van der Waals surface area contributed by atoms with E-state index in [9.17, 15) is 9.32 Å². The lowest BCUT2D eigenvalue weighted by molar-refractivity contribution is 0.249. The maximum Gasteiger partial charge on any atom is 0.224 e. The average molecular weight is 320 g/mol. The summed E-state index contributed by atoms with van der Waals surface area (Å²) in [5, 5.41) is 12.6. The highest BCUT2D eigenvalue weighted by Gasteiger charge is 2.27. The number of anilines is 1. The Morgan fingerprint density at radius 1 is 1.40 bits per heavy atom. The van der Waals surface area contributed by atoms with Crippen molar-refractivity contribution in [1.82, 2.24) is 9.97 Å². The van der Waals surface area contributed by atoms with Crippen LogP contribution in [0.4, 0.5) is 5.82 Å². The molecule has 0 saturated heterocycles. The number of aromatic nitrogens is 2. The van der Waals surface area contributed by atoms with Gasteiger partial charge in [0, 0.05) is 12.2 Å². The molecule has 2 atom stereocenters. The minimum atomic E-state index is -1.08. The summed E-state index contributed by atoms with van der Waals surface area (Å²) in [6, 6.07) is -0.141. The van der Waals surface area contributed by atoms with Gasteiger partial charge in [-0.25, -0.2) is 4.98 Å². The predicted molar refractivity (Wildman–Crippen MR) is 82.7 cm³/mol. The molecule has 2 rings (SSSR count). The molecule has 0 fully saturated rings. The topological polar surface area (TPSA) is 75.1 Å². The highest BCUT2D eigenvalue weighted by Crippen LogP contribution is 2.29.